The summed E-state index contributed by atoms with van der Waals surface area (Å²) < 4.78 is 11.6. The second kappa shape index (κ2) is 5.36. The van der Waals surface area contributed by atoms with Gasteiger partial charge in [-0.1, -0.05) is 36.4 Å². The number of ether oxygens (including phenoxy) is 2. The fourth-order valence-electron chi connectivity index (χ4n) is 2.27. The predicted octanol–water partition coefficient (Wildman–Crippen LogP) is 1.60. The minimum atomic E-state index is -0.0523. The van der Waals surface area contributed by atoms with Gasteiger partial charge in [-0.05, 0) is 11.6 Å². The second-order valence-electron chi connectivity index (χ2n) is 4.72. The summed E-state index contributed by atoms with van der Waals surface area (Å²) in [6, 6.07) is 10.3. The monoisotopic (exact) mass is 258 g/mol. The molecule has 0 aliphatic carbocycles. The zero-order valence-corrected chi connectivity index (χ0v) is 10.8. The Morgan fingerprint density at radius 3 is 2.89 bits per heavy atom. The van der Waals surface area contributed by atoms with Crippen molar-refractivity contribution in [3.8, 4) is 0 Å². The molecule has 2 aliphatic heterocycles. The predicted molar refractivity (Wildman–Crippen MR) is 72.9 cm³/mol. The number of nitrogens with two attached hydrogens (primary N) is 1. The van der Waals surface area contributed by atoms with Gasteiger partial charge in [-0.15, -0.1) is 0 Å². The lowest BCUT2D eigenvalue weighted by molar-refractivity contribution is -0.0358. The third-order valence-corrected chi connectivity index (χ3v) is 3.28. The third-order valence-electron chi connectivity index (χ3n) is 3.28. The summed E-state index contributed by atoms with van der Waals surface area (Å²) in [5.41, 5.74) is 6.91. The smallest absolute Gasteiger partial charge is 0.234 e. The Morgan fingerprint density at radius 2 is 2.11 bits per heavy atom. The maximum absolute atomic E-state index is 5.93. The first-order chi connectivity index (χ1) is 9.36. The SMILES string of the molecule is NCC1COC2=C(O1)N(Cc1ccccc1)CC=C2. The molecule has 2 N–H and O–H groups in total. The summed E-state index contributed by atoms with van der Waals surface area (Å²) >= 11 is 0. The molecule has 0 spiro atoms. The quantitative estimate of drug-likeness (QED) is 0.894. The molecule has 1 atom stereocenters. The molecule has 0 bridgehead atoms. The standard InChI is InChI=1S/C15H18N2O2/c16-9-13-11-18-14-7-4-8-17(15(14)19-13)10-12-5-2-1-3-6-12/h1-7,13H,8-11,16H2. The Hall–Kier alpha value is -1.94. The molecule has 0 saturated carbocycles. The van der Waals surface area contributed by atoms with Crippen LogP contribution >= 0.6 is 0 Å². The van der Waals surface area contributed by atoms with Crippen molar-refractivity contribution in [1.82, 2.24) is 4.90 Å². The van der Waals surface area contributed by atoms with Gasteiger partial charge in [-0.25, -0.2) is 0 Å². The summed E-state index contributed by atoms with van der Waals surface area (Å²) in [5, 5.41) is 0. The van der Waals surface area contributed by atoms with Crippen molar-refractivity contribution in [1.29, 1.82) is 0 Å². The van der Waals surface area contributed by atoms with E-state index in [4.69, 9.17) is 15.2 Å². The summed E-state index contributed by atoms with van der Waals surface area (Å²) in [6.07, 6.45) is 4.01. The molecule has 1 aromatic carbocycles. The van der Waals surface area contributed by atoms with Crippen molar-refractivity contribution in [2.24, 2.45) is 5.73 Å². The van der Waals surface area contributed by atoms with E-state index in [1.807, 2.05) is 24.3 Å². The topological polar surface area (TPSA) is 47.7 Å². The van der Waals surface area contributed by atoms with Gasteiger partial charge in [-0.2, -0.15) is 0 Å². The highest BCUT2D eigenvalue weighted by molar-refractivity contribution is 5.24. The van der Waals surface area contributed by atoms with E-state index in [1.54, 1.807) is 0 Å². The molecule has 2 aliphatic rings. The van der Waals surface area contributed by atoms with Crippen molar-refractivity contribution in [3.63, 3.8) is 0 Å². The van der Waals surface area contributed by atoms with Crippen LogP contribution in [0.5, 0.6) is 0 Å². The molecule has 0 amide bonds. The van der Waals surface area contributed by atoms with E-state index in [1.165, 1.54) is 5.56 Å². The van der Waals surface area contributed by atoms with Crippen LogP contribution in [0, 0.1) is 0 Å². The number of nitrogens with zero attached hydrogens (tertiary/aromatic N) is 1. The van der Waals surface area contributed by atoms with Crippen LogP contribution in [0.15, 0.2) is 54.1 Å². The molecule has 2 heterocycles. The summed E-state index contributed by atoms with van der Waals surface area (Å²) in [5.74, 6) is 1.62. The first-order valence-corrected chi connectivity index (χ1v) is 6.56. The molecule has 4 nitrogen and oxygen atoms in total. The molecule has 19 heavy (non-hydrogen) atoms. The van der Waals surface area contributed by atoms with E-state index < -0.39 is 0 Å². The van der Waals surface area contributed by atoms with Gasteiger partial charge in [0.15, 0.2) is 5.76 Å². The number of rotatable bonds is 3. The van der Waals surface area contributed by atoms with E-state index in [-0.39, 0.29) is 6.10 Å². The molecule has 1 aromatic rings. The Balaban J connectivity index is 1.79. The van der Waals surface area contributed by atoms with Crippen molar-refractivity contribution in [2.75, 3.05) is 19.7 Å². The molecular formula is C15H18N2O2. The van der Waals surface area contributed by atoms with Crippen LogP contribution in [0.2, 0.25) is 0 Å². The van der Waals surface area contributed by atoms with Crippen LogP contribution in [0.4, 0.5) is 0 Å². The Kier molecular flexibility index (Phi) is 3.42. The minimum absolute atomic E-state index is 0.0523. The van der Waals surface area contributed by atoms with Gasteiger partial charge in [0.25, 0.3) is 0 Å². The van der Waals surface area contributed by atoms with Crippen molar-refractivity contribution >= 4 is 0 Å². The lowest BCUT2D eigenvalue weighted by Gasteiger charge is -2.35. The van der Waals surface area contributed by atoms with Gasteiger partial charge in [-0.3, -0.25) is 0 Å². The Labute approximate surface area is 113 Å². The Bertz CT molecular complexity index is 496. The van der Waals surface area contributed by atoms with Crippen LogP contribution in [0.1, 0.15) is 5.56 Å². The number of benzene rings is 1. The van der Waals surface area contributed by atoms with Gasteiger partial charge in [0.1, 0.15) is 12.7 Å². The van der Waals surface area contributed by atoms with Crippen LogP contribution in [0.25, 0.3) is 0 Å². The van der Waals surface area contributed by atoms with E-state index in [2.05, 4.69) is 23.1 Å². The fraction of sp³-hybridized carbons (Fsp3) is 0.333. The molecule has 1 unspecified atom stereocenters. The highest BCUT2D eigenvalue weighted by Gasteiger charge is 2.27. The van der Waals surface area contributed by atoms with Gasteiger partial charge in [0.05, 0.1) is 0 Å². The van der Waals surface area contributed by atoms with E-state index in [9.17, 15) is 0 Å². The van der Waals surface area contributed by atoms with Crippen LogP contribution in [-0.4, -0.2) is 30.7 Å². The van der Waals surface area contributed by atoms with Gasteiger partial charge in [0.2, 0.25) is 5.88 Å². The zero-order chi connectivity index (χ0) is 13.1. The lowest BCUT2D eigenvalue weighted by atomic mass is 10.2. The molecule has 3 rings (SSSR count). The molecular weight excluding hydrogens is 240 g/mol. The molecule has 0 radical (unpaired) electrons. The van der Waals surface area contributed by atoms with Crippen molar-refractivity contribution in [3.05, 3.63) is 59.7 Å². The zero-order valence-electron chi connectivity index (χ0n) is 10.8. The maximum atomic E-state index is 5.93. The first kappa shape index (κ1) is 12.1. The van der Waals surface area contributed by atoms with Crippen molar-refractivity contribution in [2.45, 2.75) is 12.6 Å². The van der Waals surface area contributed by atoms with Gasteiger partial charge >= 0.3 is 0 Å². The molecule has 0 fully saturated rings. The van der Waals surface area contributed by atoms with Crippen molar-refractivity contribution < 1.29 is 9.47 Å². The Morgan fingerprint density at radius 1 is 1.26 bits per heavy atom. The van der Waals surface area contributed by atoms with E-state index in [0.29, 0.717) is 13.2 Å². The van der Waals surface area contributed by atoms with Crippen LogP contribution in [0.3, 0.4) is 0 Å². The molecule has 0 aromatic heterocycles. The van der Waals surface area contributed by atoms with Gasteiger partial charge in [0, 0.05) is 19.6 Å². The average Bonchev–Trinajstić information content (AvgIpc) is 2.48. The van der Waals surface area contributed by atoms with Gasteiger partial charge < -0.3 is 20.1 Å². The molecule has 0 saturated heterocycles. The summed E-state index contributed by atoms with van der Waals surface area (Å²) in [6.45, 7) is 2.64. The first-order valence-electron chi connectivity index (χ1n) is 6.56. The largest absolute Gasteiger partial charge is 0.484 e. The second-order valence-corrected chi connectivity index (χ2v) is 4.72. The number of hydrogen-bond acceptors (Lipinski definition) is 4. The van der Waals surface area contributed by atoms with E-state index in [0.717, 1.165) is 24.7 Å². The molecule has 100 valence electrons. The average molecular weight is 258 g/mol. The molecule has 4 heteroatoms. The highest BCUT2D eigenvalue weighted by atomic mass is 16.6. The lowest BCUT2D eigenvalue weighted by Crippen LogP contribution is -2.39. The number of hydrogen-bond donors (Lipinski definition) is 1. The minimum Gasteiger partial charge on any atom is -0.484 e. The summed E-state index contributed by atoms with van der Waals surface area (Å²) in [7, 11) is 0. The van der Waals surface area contributed by atoms with Crippen LogP contribution < -0.4 is 5.73 Å². The fourth-order valence-corrected chi connectivity index (χ4v) is 2.27. The maximum Gasteiger partial charge on any atom is 0.234 e. The summed E-state index contributed by atoms with van der Waals surface area (Å²) in [4.78, 5) is 2.17. The third kappa shape index (κ3) is 2.58. The van der Waals surface area contributed by atoms with Crippen LogP contribution in [-0.2, 0) is 16.0 Å². The highest BCUT2D eigenvalue weighted by Crippen LogP contribution is 2.26. The number of allylic oxidation sites excluding steroid dienone is 1. The van der Waals surface area contributed by atoms with E-state index >= 15 is 0 Å². The normalized spacial score (nSPS) is 21.7.